The Morgan fingerprint density at radius 2 is 2.25 bits per heavy atom. The van der Waals surface area contributed by atoms with Crippen molar-refractivity contribution in [3.05, 3.63) is 35.4 Å². The molecule has 0 unspecified atom stereocenters. The Hall–Kier alpha value is -1.37. The molecule has 0 saturated heterocycles. The van der Waals surface area contributed by atoms with Crippen LogP contribution in [0.25, 0.3) is 10.9 Å². The molecule has 1 aromatic heterocycles. The lowest BCUT2D eigenvalue weighted by Gasteiger charge is -2.08. The number of hydrogen-bond donors (Lipinski definition) is 2. The summed E-state index contributed by atoms with van der Waals surface area (Å²) in [6.07, 6.45) is -0.521. The topological polar surface area (TPSA) is 65.2 Å². The fourth-order valence-corrected chi connectivity index (χ4v) is 2.38. The van der Waals surface area contributed by atoms with Crippen LogP contribution in [-0.2, 0) is 22.2 Å². The molecule has 0 amide bonds. The molecule has 0 aliphatic heterocycles. The van der Waals surface area contributed by atoms with E-state index in [1.165, 1.54) is 7.05 Å². The van der Waals surface area contributed by atoms with E-state index >= 15 is 0 Å². The van der Waals surface area contributed by atoms with Crippen LogP contribution >= 0.6 is 0 Å². The van der Waals surface area contributed by atoms with Crippen LogP contribution in [0.2, 0.25) is 0 Å². The highest BCUT2D eigenvalue weighted by atomic mass is 32.2. The summed E-state index contributed by atoms with van der Waals surface area (Å²) in [5, 5.41) is -0.00154. The Balaban J connectivity index is 2.62. The van der Waals surface area contributed by atoms with Crippen LogP contribution in [0.3, 0.4) is 0 Å². The minimum absolute atomic E-state index is 0.00154. The zero-order chi connectivity index (χ0) is 23.2. The largest absolute Gasteiger partial charge is 0.361 e. The lowest BCUT2D eigenvalue weighted by molar-refractivity contribution is 0.414. The fraction of sp³-hybridized carbons (Fsp3) is 0.429. The Labute approximate surface area is 134 Å². The van der Waals surface area contributed by atoms with E-state index < -0.39 is 48.4 Å². The SMILES string of the molecule is [2H]c1[nH]c2c([2H])c([2H])c(CS(=O)(=O)NC)c([2H])c2c1CCN(C([2H])([2H])[2H])C([2H])([2H])[2H]. The number of fused-ring (bicyclic) bond motifs is 1. The molecular weight excluding hydrogens is 274 g/mol. The molecule has 1 heterocycles. The number of rotatable bonds is 6. The number of H-pyrrole nitrogens is 1. The molecule has 2 aromatic rings. The highest BCUT2D eigenvalue weighted by Crippen LogP contribution is 2.21. The van der Waals surface area contributed by atoms with Crippen molar-refractivity contribution >= 4 is 20.9 Å². The van der Waals surface area contributed by atoms with Crippen LogP contribution in [0.15, 0.2) is 24.3 Å². The van der Waals surface area contributed by atoms with Crippen LogP contribution in [0.5, 0.6) is 0 Å². The predicted octanol–water partition coefficient (Wildman–Crippen LogP) is 1.32. The normalized spacial score (nSPS) is 20.9. The summed E-state index contributed by atoms with van der Waals surface area (Å²) in [4.78, 5) is 2.87. The van der Waals surface area contributed by atoms with E-state index in [0.717, 1.165) is 0 Å². The Kier molecular flexibility index (Phi) is 1.96. The first-order valence-corrected chi connectivity index (χ1v) is 7.45. The van der Waals surface area contributed by atoms with Crippen molar-refractivity contribution in [2.45, 2.75) is 12.2 Å². The third-order valence-corrected chi connectivity index (χ3v) is 4.03. The van der Waals surface area contributed by atoms with Gasteiger partial charge in [-0.1, -0.05) is 6.04 Å². The number of aromatic amines is 1. The summed E-state index contributed by atoms with van der Waals surface area (Å²) in [6, 6.07) is -1.28. The first-order valence-electron chi connectivity index (χ1n) is 10.8. The van der Waals surface area contributed by atoms with Crippen molar-refractivity contribution in [3.8, 4) is 0 Å². The second-order valence-electron chi connectivity index (χ2n) is 4.20. The van der Waals surface area contributed by atoms with Gasteiger partial charge >= 0.3 is 0 Å². The summed E-state index contributed by atoms with van der Waals surface area (Å²) >= 11 is 0. The van der Waals surface area contributed by atoms with Gasteiger partial charge in [0, 0.05) is 31.8 Å². The number of nitrogens with zero attached hydrogens (tertiary/aromatic N) is 1. The van der Waals surface area contributed by atoms with Crippen LogP contribution in [0.1, 0.15) is 24.8 Å². The Morgan fingerprint density at radius 3 is 2.95 bits per heavy atom. The molecule has 2 rings (SSSR count). The minimum atomic E-state index is -3.86. The van der Waals surface area contributed by atoms with Crippen molar-refractivity contribution in [1.29, 1.82) is 0 Å². The van der Waals surface area contributed by atoms with Crippen LogP contribution in [-0.4, -0.2) is 45.8 Å². The molecule has 0 fully saturated rings. The average molecular weight is 305 g/mol. The molecule has 0 atom stereocenters. The predicted molar refractivity (Wildman–Crippen MR) is 82.2 cm³/mol. The quantitative estimate of drug-likeness (QED) is 0.846. The van der Waals surface area contributed by atoms with Crippen molar-refractivity contribution in [2.75, 3.05) is 27.5 Å². The van der Waals surface area contributed by atoms with Crippen molar-refractivity contribution in [1.82, 2.24) is 14.6 Å². The summed E-state index contributed by atoms with van der Waals surface area (Å²) < 4.78 is 103. The molecule has 5 nitrogen and oxygen atoms in total. The molecule has 0 bridgehead atoms. The number of aromatic nitrogens is 1. The monoisotopic (exact) mass is 305 g/mol. The van der Waals surface area contributed by atoms with E-state index in [1.54, 1.807) is 0 Å². The fourth-order valence-electron chi connectivity index (χ4n) is 1.71. The molecule has 0 saturated carbocycles. The highest BCUT2D eigenvalue weighted by molar-refractivity contribution is 7.88. The van der Waals surface area contributed by atoms with Crippen molar-refractivity contribution in [3.63, 3.8) is 0 Å². The van der Waals surface area contributed by atoms with Gasteiger partial charge < -0.3 is 9.88 Å². The molecule has 1 aromatic carbocycles. The zero-order valence-corrected chi connectivity index (χ0v) is 11.6. The standard InChI is InChI=1S/C14H21N3O2S/c1-15-20(18,19)10-11-4-5-14-13(8-11)12(9-16-14)6-7-17(2)3/h4-5,8-9,15-16H,6-7,10H2,1-3H3/i2D3,3D3,4D,5D,8D,9D. The van der Waals surface area contributed by atoms with E-state index in [4.69, 9.17) is 13.7 Å². The minimum Gasteiger partial charge on any atom is -0.361 e. The van der Waals surface area contributed by atoms with Crippen LogP contribution in [0.4, 0.5) is 0 Å². The molecule has 6 heteroatoms. The van der Waals surface area contributed by atoms with Crippen molar-refractivity contribution < 1.29 is 22.1 Å². The van der Waals surface area contributed by atoms with E-state index in [-0.39, 0.29) is 40.7 Å². The van der Waals surface area contributed by atoms with E-state index in [1.807, 2.05) is 0 Å². The highest BCUT2D eigenvalue weighted by Gasteiger charge is 2.11. The van der Waals surface area contributed by atoms with E-state index in [9.17, 15) is 8.42 Å². The van der Waals surface area contributed by atoms with Gasteiger partial charge in [0.2, 0.25) is 10.0 Å². The smallest absolute Gasteiger partial charge is 0.215 e. The van der Waals surface area contributed by atoms with Gasteiger partial charge in [0.15, 0.2) is 0 Å². The molecule has 0 aliphatic rings. The first kappa shape index (κ1) is 6.60. The Bertz CT molecular complexity index is 1050. The third-order valence-electron chi connectivity index (χ3n) is 2.74. The third kappa shape index (κ3) is 3.59. The van der Waals surface area contributed by atoms with Gasteiger partial charge in [-0.05, 0) is 50.6 Å². The summed E-state index contributed by atoms with van der Waals surface area (Å²) in [5.41, 5.74) is -0.208. The number of sulfonamides is 1. The van der Waals surface area contributed by atoms with Gasteiger partial charge in [0.05, 0.1) is 11.2 Å². The maximum Gasteiger partial charge on any atom is 0.215 e. The van der Waals surface area contributed by atoms with Gasteiger partial charge in [-0.3, -0.25) is 0 Å². The molecule has 0 radical (unpaired) electrons. The number of nitrogens with one attached hydrogen (secondary N) is 2. The van der Waals surface area contributed by atoms with Crippen molar-refractivity contribution in [2.24, 2.45) is 0 Å². The number of hydrogen-bond acceptors (Lipinski definition) is 3. The molecule has 0 spiro atoms. The molecule has 20 heavy (non-hydrogen) atoms. The molecule has 2 N–H and O–H groups in total. The zero-order valence-electron chi connectivity index (χ0n) is 20.8. The van der Waals surface area contributed by atoms with E-state index in [2.05, 4.69) is 9.71 Å². The van der Waals surface area contributed by atoms with Gasteiger partial charge in [-0.25, -0.2) is 13.1 Å². The number of likely N-dealkylation sites (N-methyl/N-ethyl adjacent to an activating group) is 1. The summed E-state index contributed by atoms with van der Waals surface area (Å²) in [5.74, 6) is -0.725. The average Bonchev–Trinajstić information content (AvgIpc) is 2.91. The maximum absolute atomic E-state index is 11.9. The molecular formula is C14H21N3O2S. The van der Waals surface area contributed by atoms with E-state index in [0.29, 0.717) is 4.90 Å². The summed E-state index contributed by atoms with van der Waals surface area (Å²) in [6.45, 7) is -6.35. The summed E-state index contributed by atoms with van der Waals surface area (Å²) in [7, 11) is -2.69. The lowest BCUT2D eigenvalue weighted by Crippen LogP contribution is -2.20. The molecule has 0 aliphatic carbocycles. The van der Waals surface area contributed by atoms with Gasteiger partial charge in [0.1, 0.15) is 0 Å². The van der Waals surface area contributed by atoms with Crippen LogP contribution in [0, 0.1) is 0 Å². The Morgan fingerprint density at radius 1 is 1.45 bits per heavy atom. The lowest BCUT2D eigenvalue weighted by atomic mass is 10.1. The second-order valence-corrected chi connectivity index (χ2v) is 6.12. The van der Waals surface area contributed by atoms with Gasteiger partial charge in [-0.15, -0.1) is 0 Å². The molecule has 110 valence electrons. The van der Waals surface area contributed by atoms with Gasteiger partial charge in [0.25, 0.3) is 0 Å². The maximum atomic E-state index is 11.9. The number of benzene rings is 1. The first-order chi connectivity index (χ1) is 13.5. The van der Waals surface area contributed by atoms with Gasteiger partial charge in [-0.2, -0.15) is 0 Å². The second kappa shape index (κ2) is 5.95. The van der Waals surface area contributed by atoms with Crippen LogP contribution < -0.4 is 4.72 Å².